The van der Waals surface area contributed by atoms with Crippen LogP contribution in [-0.4, -0.2) is 26.8 Å². The van der Waals surface area contributed by atoms with E-state index in [-0.39, 0.29) is 18.1 Å². The molecule has 2 N–H and O–H groups in total. The number of aryl methyl sites for hydroxylation is 2. The summed E-state index contributed by atoms with van der Waals surface area (Å²) in [4.78, 5) is 25.0. The molecule has 7 nitrogen and oxygen atoms in total. The van der Waals surface area contributed by atoms with Crippen molar-refractivity contribution < 1.29 is 9.59 Å². The van der Waals surface area contributed by atoms with Crippen molar-refractivity contribution >= 4 is 34.8 Å². The van der Waals surface area contributed by atoms with Crippen molar-refractivity contribution in [3.8, 4) is 0 Å². The van der Waals surface area contributed by atoms with E-state index < -0.39 is 5.91 Å². The quantitative estimate of drug-likeness (QED) is 0.662. The number of hydrogen-bond donors (Lipinski definition) is 2. The van der Waals surface area contributed by atoms with Crippen LogP contribution in [-0.2, 0) is 11.3 Å². The molecule has 2 amide bonds. The van der Waals surface area contributed by atoms with E-state index in [1.807, 2.05) is 39.0 Å². The minimum Gasteiger partial charge on any atom is -0.324 e. The molecule has 0 saturated carbocycles. The molecule has 0 bridgehead atoms. The van der Waals surface area contributed by atoms with Gasteiger partial charge in [0.15, 0.2) is 5.69 Å². The molecular formula is C21H22ClN5O2. The number of carbonyl (C=O) groups is 2. The van der Waals surface area contributed by atoms with E-state index in [0.717, 1.165) is 22.4 Å². The van der Waals surface area contributed by atoms with Gasteiger partial charge in [0.2, 0.25) is 5.91 Å². The first-order valence-corrected chi connectivity index (χ1v) is 9.47. The molecule has 0 aliphatic heterocycles. The van der Waals surface area contributed by atoms with E-state index in [0.29, 0.717) is 16.4 Å². The molecule has 0 aliphatic rings. The average Bonchev–Trinajstić information content (AvgIpc) is 3.02. The molecule has 2 aromatic carbocycles. The molecule has 150 valence electrons. The number of hydrogen-bond acceptors (Lipinski definition) is 4. The van der Waals surface area contributed by atoms with Crippen LogP contribution in [0.1, 0.15) is 32.9 Å². The third kappa shape index (κ3) is 4.63. The molecule has 0 aliphatic carbocycles. The van der Waals surface area contributed by atoms with Crippen molar-refractivity contribution in [1.82, 2.24) is 15.0 Å². The fourth-order valence-electron chi connectivity index (χ4n) is 2.84. The Morgan fingerprint density at radius 2 is 1.79 bits per heavy atom. The Morgan fingerprint density at radius 1 is 1.03 bits per heavy atom. The summed E-state index contributed by atoms with van der Waals surface area (Å²) in [7, 11) is 0. The van der Waals surface area contributed by atoms with Gasteiger partial charge in [0.1, 0.15) is 6.54 Å². The van der Waals surface area contributed by atoms with Crippen LogP contribution in [0.25, 0.3) is 0 Å². The van der Waals surface area contributed by atoms with Crippen LogP contribution in [0.3, 0.4) is 0 Å². The molecule has 1 heterocycles. The number of aromatic nitrogens is 3. The highest BCUT2D eigenvalue weighted by Gasteiger charge is 2.19. The van der Waals surface area contributed by atoms with Crippen molar-refractivity contribution in [3.63, 3.8) is 0 Å². The van der Waals surface area contributed by atoms with Crippen LogP contribution in [0, 0.1) is 27.7 Å². The lowest BCUT2D eigenvalue weighted by Crippen LogP contribution is -2.21. The molecule has 3 aromatic rings. The Bertz CT molecular complexity index is 1090. The number of nitrogens with one attached hydrogen (secondary N) is 2. The number of amides is 2. The van der Waals surface area contributed by atoms with E-state index in [2.05, 4.69) is 20.9 Å². The zero-order valence-electron chi connectivity index (χ0n) is 16.7. The van der Waals surface area contributed by atoms with Crippen molar-refractivity contribution in [2.75, 3.05) is 10.6 Å². The molecule has 0 fully saturated rings. The van der Waals surface area contributed by atoms with E-state index in [4.69, 9.17) is 11.6 Å². The van der Waals surface area contributed by atoms with Crippen molar-refractivity contribution in [3.05, 3.63) is 69.5 Å². The van der Waals surface area contributed by atoms with Crippen LogP contribution < -0.4 is 10.6 Å². The monoisotopic (exact) mass is 411 g/mol. The Hall–Kier alpha value is -3.19. The first-order valence-electron chi connectivity index (χ1n) is 9.10. The summed E-state index contributed by atoms with van der Waals surface area (Å²) < 4.78 is 1.40. The maximum absolute atomic E-state index is 12.6. The number of carbonyl (C=O) groups excluding carboxylic acids is 2. The molecule has 3 rings (SSSR count). The zero-order valence-corrected chi connectivity index (χ0v) is 17.5. The van der Waals surface area contributed by atoms with Crippen LogP contribution in [0.5, 0.6) is 0 Å². The largest absolute Gasteiger partial charge is 0.324 e. The highest BCUT2D eigenvalue weighted by atomic mass is 35.5. The number of benzene rings is 2. The first kappa shape index (κ1) is 20.5. The topological polar surface area (TPSA) is 88.9 Å². The van der Waals surface area contributed by atoms with Gasteiger partial charge in [-0.25, -0.2) is 4.68 Å². The lowest BCUT2D eigenvalue weighted by molar-refractivity contribution is -0.117. The highest BCUT2D eigenvalue weighted by molar-refractivity contribution is 6.31. The van der Waals surface area contributed by atoms with Crippen LogP contribution in [0.2, 0.25) is 5.02 Å². The third-order valence-electron chi connectivity index (χ3n) is 4.67. The second kappa shape index (κ2) is 8.45. The minimum absolute atomic E-state index is 0.0459. The van der Waals surface area contributed by atoms with Gasteiger partial charge in [-0.05, 0) is 62.6 Å². The Morgan fingerprint density at radius 3 is 2.55 bits per heavy atom. The van der Waals surface area contributed by atoms with Gasteiger partial charge in [-0.3, -0.25) is 9.59 Å². The average molecular weight is 412 g/mol. The Balaban J connectivity index is 1.71. The summed E-state index contributed by atoms with van der Waals surface area (Å²) >= 11 is 6.10. The summed E-state index contributed by atoms with van der Waals surface area (Å²) in [5.74, 6) is -0.654. The number of anilines is 2. The molecular weight excluding hydrogens is 390 g/mol. The fourth-order valence-corrected chi connectivity index (χ4v) is 3.02. The summed E-state index contributed by atoms with van der Waals surface area (Å²) in [6.45, 7) is 7.36. The van der Waals surface area contributed by atoms with E-state index in [9.17, 15) is 9.59 Å². The number of halogens is 1. The third-order valence-corrected chi connectivity index (χ3v) is 5.08. The summed E-state index contributed by atoms with van der Waals surface area (Å²) in [6, 6.07) is 11.1. The van der Waals surface area contributed by atoms with Gasteiger partial charge in [-0.1, -0.05) is 35.0 Å². The summed E-state index contributed by atoms with van der Waals surface area (Å²) in [5.41, 5.74) is 4.79. The lowest BCUT2D eigenvalue weighted by atomic mass is 10.1. The van der Waals surface area contributed by atoms with Gasteiger partial charge in [-0.15, -0.1) is 5.10 Å². The van der Waals surface area contributed by atoms with Gasteiger partial charge in [-0.2, -0.15) is 0 Å². The smallest absolute Gasteiger partial charge is 0.278 e. The second-order valence-corrected chi connectivity index (χ2v) is 7.32. The highest BCUT2D eigenvalue weighted by Crippen LogP contribution is 2.23. The molecule has 1 aromatic heterocycles. The maximum Gasteiger partial charge on any atom is 0.278 e. The minimum atomic E-state index is -0.408. The number of rotatable bonds is 5. The van der Waals surface area contributed by atoms with Crippen molar-refractivity contribution in [2.45, 2.75) is 34.2 Å². The predicted molar refractivity (Wildman–Crippen MR) is 113 cm³/mol. The SMILES string of the molecule is Cc1ccc(C)c(NC(=O)Cn2nnc(C(=O)Nc3cccc(Cl)c3C)c2C)c1. The molecule has 0 saturated heterocycles. The Kier molecular flexibility index (Phi) is 5.98. The Labute approximate surface area is 174 Å². The van der Waals surface area contributed by atoms with E-state index in [1.54, 1.807) is 25.1 Å². The van der Waals surface area contributed by atoms with Gasteiger partial charge < -0.3 is 10.6 Å². The molecule has 0 atom stereocenters. The van der Waals surface area contributed by atoms with E-state index in [1.165, 1.54) is 4.68 Å². The van der Waals surface area contributed by atoms with Crippen LogP contribution in [0.15, 0.2) is 36.4 Å². The fraction of sp³-hybridized carbons (Fsp3) is 0.238. The predicted octanol–water partition coefficient (Wildman–Crippen LogP) is 4.06. The van der Waals surface area contributed by atoms with E-state index >= 15 is 0 Å². The van der Waals surface area contributed by atoms with Gasteiger partial charge in [0.05, 0.1) is 5.69 Å². The first-order chi connectivity index (χ1) is 13.8. The molecule has 0 radical (unpaired) electrons. The normalized spacial score (nSPS) is 10.7. The van der Waals surface area contributed by atoms with Gasteiger partial charge >= 0.3 is 0 Å². The second-order valence-electron chi connectivity index (χ2n) is 6.91. The van der Waals surface area contributed by atoms with Crippen LogP contribution >= 0.6 is 11.6 Å². The van der Waals surface area contributed by atoms with Gasteiger partial charge in [0, 0.05) is 16.4 Å². The van der Waals surface area contributed by atoms with Gasteiger partial charge in [0.25, 0.3) is 5.91 Å². The maximum atomic E-state index is 12.6. The molecule has 8 heteroatoms. The van der Waals surface area contributed by atoms with Crippen molar-refractivity contribution in [2.24, 2.45) is 0 Å². The molecule has 0 unspecified atom stereocenters. The molecule has 0 spiro atoms. The standard InChI is InChI=1S/C21H22ClN5O2/c1-12-8-9-13(2)18(10-12)23-19(28)11-27-15(4)20(25-26-27)21(29)24-17-7-5-6-16(22)14(17)3/h5-10H,11H2,1-4H3,(H,23,28)(H,24,29). The lowest BCUT2D eigenvalue weighted by Gasteiger charge is -2.10. The van der Waals surface area contributed by atoms with Crippen molar-refractivity contribution in [1.29, 1.82) is 0 Å². The van der Waals surface area contributed by atoms with Crippen LogP contribution in [0.4, 0.5) is 11.4 Å². The molecule has 29 heavy (non-hydrogen) atoms. The number of nitrogens with zero attached hydrogens (tertiary/aromatic N) is 3. The summed E-state index contributed by atoms with van der Waals surface area (Å²) in [6.07, 6.45) is 0. The zero-order chi connectivity index (χ0) is 21.1. The summed E-state index contributed by atoms with van der Waals surface area (Å²) in [5, 5.41) is 14.1.